The first kappa shape index (κ1) is 25.2. The number of Topliss-reactive ketones (excluding diaryl/α,β-unsaturated/α-hetero) is 1. The second kappa shape index (κ2) is 11.1. The number of pyridine rings is 1. The summed E-state index contributed by atoms with van der Waals surface area (Å²) in [4.78, 5) is 30.8. The van der Waals surface area contributed by atoms with Gasteiger partial charge < -0.3 is 9.47 Å². The Morgan fingerprint density at radius 3 is 2.56 bits per heavy atom. The van der Waals surface area contributed by atoms with E-state index in [1.807, 2.05) is 12.1 Å². The predicted octanol–water partition coefficient (Wildman–Crippen LogP) is 5.78. The van der Waals surface area contributed by atoms with Gasteiger partial charge in [-0.1, -0.05) is 31.4 Å². The van der Waals surface area contributed by atoms with Crippen LogP contribution in [0.5, 0.6) is 5.75 Å². The number of carbonyl (C=O) groups is 2. The molecular weight excluding hydrogens is 430 g/mol. The summed E-state index contributed by atoms with van der Waals surface area (Å²) in [6.45, 7) is 5.38. The Labute approximate surface area is 201 Å². The fourth-order valence-corrected chi connectivity index (χ4v) is 4.39. The van der Waals surface area contributed by atoms with Crippen molar-refractivity contribution in [2.24, 2.45) is 5.92 Å². The second-order valence-electron chi connectivity index (χ2n) is 9.70. The Morgan fingerprint density at radius 2 is 1.91 bits per heavy atom. The van der Waals surface area contributed by atoms with E-state index in [-0.39, 0.29) is 11.7 Å². The minimum absolute atomic E-state index is 0.0330. The molecule has 1 N–H and O–H groups in total. The van der Waals surface area contributed by atoms with Gasteiger partial charge in [-0.2, -0.15) is 5.26 Å². The van der Waals surface area contributed by atoms with Gasteiger partial charge in [0.15, 0.2) is 0 Å². The SMILES string of the molecule is COc1ccc(C(Cc2cccc(C#N)n2)C(=O)C2CCCCC2)c(NC(=O)OC(C)(C)C)c1. The molecule has 1 aromatic heterocycles. The molecule has 1 unspecified atom stereocenters. The van der Waals surface area contributed by atoms with E-state index < -0.39 is 17.6 Å². The second-order valence-corrected chi connectivity index (χ2v) is 9.70. The average molecular weight is 464 g/mol. The molecule has 0 aliphatic heterocycles. The van der Waals surface area contributed by atoms with Gasteiger partial charge in [0, 0.05) is 24.1 Å². The Bertz CT molecular complexity index is 1060. The third kappa shape index (κ3) is 6.80. The number of anilines is 1. The highest BCUT2D eigenvalue weighted by atomic mass is 16.6. The van der Waals surface area contributed by atoms with Crippen LogP contribution in [0.15, 0.2) is 36.4 Å². The number of amides is 1. The summed E-state index contributed by atoms with van der Waals surface area (Å²) in [5.74, 6) is 0.138. The highest BCUT2D eigenvalue weighted by Gasteiger charge is 2.32. The van der Waals surface area contributed by atoms with E-state index in [2.05, 4.69) is 16.4 Å². The van der Waals surface area contributed by atoms with Gasteiger partial charge in [-0.3, -0.25) is 10.1 Å². The molecule has 2 aromatic rings. The number of rotatable bonds is 7. The van der Waals surface area contributed by atoms with Crippen molar-refractivity contribution in [1.82, 2.24) is 4.98 Å². The molecule has 1 atom stereocenters. The number of ketones is 1. The summed E-state index contributed by atoms with van der Waals surface area (Å²) < 4.78 is 10.8. The van der Waals surface area contributed by atoms with Crippen molar-refractivity contribution in [3.8, 4) is 11.8 Å². The van der Waals surface area contributed by atoms with Gasteiger partial charge in [-0.05, 0) is 57.4 Å². The van der Waals surface area contributed by atoms with Crippen molar-refractivity contribution >= 4 is 17.6 Å². The van der Waals surface area contributed by atoms with Gasteiger partial charge in [-0.15, -0.1) is 0 Å². The Balaban J connectivity index is 2.01. The first-order valence-corrected chi connectivity index (χ1v) is 11.8. The van der Waals surface area contributed by atoms with Gasteiger partial charge in [0.2, 0.25) is 0 Å². The Morgan fingerprint density at radius 1 is 1.18 bits per heavy atom. The highest BCUT2D eigenvalue weighted by molar-refractivity contribution is 5.93. The van der Waals surface area contributed by atoms with E-state index in [0.717, 1.165) is 32.1 Å². The van der Waals surface area contributed by atoms with Gasteiger partial charge >= 0.3 is 6.09 Å². The van der Waals surface area contributed by atoms with Crippen LogP contribution in [-0.2, 0) is 16.0 Å². The molecule has 7 heteroatoms. The van der Waals surface area contributed by atoms with Crippen molar-refractivity contribution < 1.29 is 19.1 Å². The fraction of sp³-hybridized carbons (Fsp3) is 0.481. The van der Waals surface area contributed by atoms with E-state index in [1.54, 1.807) is 52.1 Å². The van der Waals surface area contributed by atoms with Crippen molar-refractivity contribution in [2.75, 3.05) is 12.4 Å². The number of nitrogens with one attached hydrogen (secondary N) is 1. The smallest absolute Gasteiger partial charge is 0.412 e. The maximum Gasteiger partial charge on any atom is 0.412 e. The lowest BCUT2D eigenvalue weighted by atomic mass is 9.77. The number of carbonyl (C=O) groups excluding carboxylic acids is 2. The summed E-state index contributed by atoms with van der Waals surface area (Å²) in [7, 11) is 1.55. The minimum atomic E-state index is -0.665. The van der Waals surface area contributed by atoms with Gasteiger partial charge in [0.25, 0.3) is 0 Å². The molecule has 1 aromatic carbocycles. The molecule has 1 fully saturated rings. The van der Waals surface area contributed by atoms with Crippen LogP contribution in [0.2, 0.25) is 0 Å². The molecule has 0 radical (unpaired) electrons. The molecule has 0 bridgehead atoms. The molecule has 1 heterocycles. The Hall–Kier alpha value is -3.40. The zero-order valence-electron chi connectivity index (χ0n) is 20.4. The molecule has 1 aliphatic carbocycles. The monoisotopic (exact) mass is 463 g/mol. The summed E-state index contributed by atoms with van der Waals surface area (Å²) in [6.07, 6.45) is 4.69. The summed E-state index contributed by atoms with van der Waals surface area (Å²) in [6, 6.07) is 12.6. The number of aromatic nitrogens is 1. The van der Waals surface area contributed by atoms with Crippen LogP contribution in [0.3, 0.4) is 0 Å². The molecule has 180 valence electrons. The maximum absolute atomic E-state index is 13.8. The number of benzene rings is 1. The van der Waals surface area contributed by atoms with Crippen LogP contribution in [0.4, 0.5) is 10.5 Å². The first-order chi connectivity index (χ1) is 16.2. The van der Waals surface area contributed by atoms with Crippen molar-refractivity contribution in [3.63, 3.8) is 0 Å². The average Bonchev–Trinajstić information content (AvgIpc) is 2.81. The van der Waals surface area contributed by atoms with Crippen LogP contribution >= 0.6 is 0 Å². The zero-order valence-corrected chi connectivity index (χ0v) is 20.4. The van der Waals surface area contributed by atoms with Crippen molar-refractivity contribution in [1.29, 1.82) is 5.26 Å². The lowest BCUT2D eigenvalue weighted by Gasteiger charge is -2.27. The predicted molar refractivity (Wildman–Crippen MR) is 130 cm³/mol. The lowest BCUT2D eigenvalue weighted by Crippen LogP contribution is -2.29. The minimum Gasteiger partial charge on any atom is -0.497 e. The molecule has 3 rings (SSSR count). The van der Waals surface area contributed by atoms with E-state index in [9.17, 15) is 14.9 Å². The molecule has 0 saturated heterocycles. The largest absolute Gasteiger partial charge is 0.497 e. The third-order valence-corrected chi connectivity index (χ3v) is 5.96. The van der Waals surface area contributed by atoms with Crippen molar-refractivity contribution in [2.45, 2.75) is 70.8 Å². The van der Waals surface area contributed by atoms with Crippen molar-refractivity contribution in [3.05, 3.63) is 53.3 Å². The Kier molecular flexibility index (Phi) is 8.27. The molecular formula is C27H33N3O4. The zero-order chi connectivity index (χ0) is 24.7. The number of ether oxygens (including phenoxy) is 2. The van der Waals surface area contributed by atoms with Crippen LogP contribution in [-0.4, -0.2) is 29.6 Å². The van der Waals surface area contributed by atoms with Gasteiger partial charge in [0.1, 0.15) is 28.9 Å². The quantitative estimate of drug-likeness (QED) is 0.558. The number of hydrogen-bond acceptors (Lipinski definition) is 6. The highest BCUT2D eigenvalue weighted by Crippen LogP contribution is 2.36. The molecule has 1 aliphatic rings. The molecule has 7 nitrogen and oxygen atoms in total. The van der Waals surface area contributed by atoms with E-state index >= 15 is 0 Å². The molecule has 1 amide bonds. The number of nitrogens with zero attached hydrogens (tertiary/aromatic N) is 2. The van der Waals surface area contributed by atoms with E-state index in [1.165, 1.54) is 0 Å². The first-order valence-electron chi connectivity index (χ1n) is 11.8. The normalized spacial score (nSPS) is 15.1. The van der Waals surface area contributed by atoms with E-state index in [0.29, 0.717) is 34.8 Å². The fourth-order valence-electron chi connectivity index (χ4n) is 4.39. The number of methoxy groups -OCH3 is 1. The van der Waals surface area contributed by atoms with Crippen LogP contribution in [0.1, 0.15) is 75.7 Å². The standard InChI is InChI=1S/C27H33N3O4/c1-27(2,3)34-26(32)30-24-16-21(33-4)13-14-22(24)23(25(31)18-9-6-5-7-10-18)15-19-11-8-12-20(17-28)29-19/h8,11-14,16,18,23H,5-7,9-10,15H2,1-4H3,(H,30,32). The summed E-state index contributed by atoms with van der Waals surface area (Å²) >= 11 is 0. The van der Waals surface area contributed by atoms with Gasteiger partial charge in [-0.25, -0.2) is 9.78 Å². The van der Waals surface area contributed by atoms with Crippen LogP contribution < -0.4 is 10.1 Å². The number of nitriles is 1. The topological polar surface area (TPSA) is 101 Å². The molecule has 1 saturated carbocycles. The molecule has 34 heavy (non-hydrogen) atoms. The van der Waals surface area contributed by atoms with Gasteiger partial charge in [0.05, 0.1) is 18.7 Å². The molecule has 0 spiro atoms. The van der Waals surface area contributed by atoms with Crippen LogP contribution in [0, 0.1) is 17.2 Å². The lowest BCUT2D eigenvalue weighted by molar-refractivity contribution is -0.125. The summed E-state index contributed by atoms with van der Waals surface area (Å²) in [5.41, 5.74) is 1.46. The number of hydrogen-bond donors (Lipinski definition) is 1. The van der Waals surface area contributed by atoms with Crippen LogP contribution in [0.25, 0.3) is 0 Å². The van der Waals surface area contributed by atoms with E-state index in [4.69, 9.17) is 9.47 Å². The third-order valence-electron chi connectivity index (χ3n) is 5.96. The maximum atomic E-state index is 13.8. The summed E-state index contributed by atoms with van der Waals surface area (Å²) in [5, 5.41) is 12.1.